The van der Waals surface area contributed by atoms with Gasteiger partial charge in [-0.3, -0.25) is 0 Å². The maximum absolute atomic E-state index is 3.24. The molecule has 1 heteroatoms. The van der Waals surface area contributed by atoms with E-state index >= 15 is 0 Å². The van der Waals surface area contributed by atoms with Crippen LogP contribution in [0.2, 0.25) is 0 Å². The molecular formula is C13H22N. The molecule has 0 unspecified atom stereocenters. The topological polar surface area (TPSA) is 3.24 Å². The molecule has 0 saturated carbocycles. The third-order valence-electron chi connectivity index (χ3n) is 2.60. The van der Waals surface area contributed by atoms with E-state index in [1.54, 1.807) is 0 Å². The molecule has 0 N–H and O–H groups in total. The average molecular weight is 192 g/mol. The van der Waals surface area contributed by atoms with Gasteiger partial charge in [0.2, 0.25) is 0 Å². The Balaban J connectivity index is 1.88. The number of allylic oxidation sites excluding steroid dienone is 2. The summed E-state index contributed by atoms with van der Waals surface area (Å²) >= 11 is 0. The molecule has 1 heterocycles. The molecule has 0 aromatic rings. The van der Waals surface area contributed by atoms with Crippen LogP contribution in [0, 0.1) is 6.20 Å². The first-order valence-electron chi connectivity index (χ1n) is 5.93. The minimum absolute atomic E-state index is 1.05. The lowest BCUT2D eigenvalue weighted by Crippen LogP contribution is -2.20. The van der Waals surface area contributed by atoms with Crippen LogP contribution in [-0.4, -0.2) is 18.0 Å². The molecule has 1 aliphatic heterocycles. The Morgan fingerprint density at radius 2 is 1.93 bits per heavy atom. The second kappa shape index (κ2) is 7.66. The van der Waals surface area contributed by atoms with Crippen molar-refractivity contribution in [3.8, 4) is 0 Å². The van der Waals surface area contributed by atoms with Crippen LogP contribution in [0.5, 0.6) is 0 Å². The summed E-state index contributed by atoms with van der Waals surface area (Å²) in [4.78, 5) is 2.26. The molecular weight excluding hydrogens is 170 g/mol. The van der Waals surface area contributed by atoms with E-state index in [0.29, 0.717) is 0 Å². The highest BCUT2D eigenvalue weighted by molar-refractivity contribution is 5.04. The Kier molecular flexibility index (Phi) is 6.21. The minimum Gasteiger partial charge on any atom is -0.366 e. The fourth-order valence-corrected chi connectivity index (χ4v) is 1.70. The molecule has 0 aromatic carbocycles. The van der Waals surface area contributed by atoms with E-state index in [0.717, 1.165) is 6.54 Å². The molecule has 0 atom stereocenters. The zero-order valence-corrected chi connectivity index (χ0v) is 9.34. The Labute approximate surface area is 88.5 Å². The van der Waals surface area contributed by atoms with Crippen molar-refractivity contribution in [2.24, 2.45) is 0 Å². The van der Waals surface area contributed by atoms with Crippen molar-refractivity contribution < 1.29 is 0 Å². The van der Waals surface area contributed by atoms with Crippen molar-refractivity contribution in [2.45, 2.75) is 45.4 Å². The van der Waals surface area contributed by atoms with Crippen molar-refractivity contribution in [2.75, 3.05) is 13.1 Å². The summed E-state index contributed by atoms with van der Waals surface area (Å²) < 4.78 is 0. The molecule has 0 saturated heterocycles. The Morgan fingerprint density at radius 1 is 1.14 bits per heavy atom. The fourth-order valence-electron chi connectivity index (χ4n) is 1.70. The van der Waals surface area contributed by atoms with Crippen LogP contribution >= 0.6 is 0 Å². The van der Waals surface area contributed by atoms with Gasteiger partial charge in [-0.2, -0.15) is 0 Å². The number of hydrogen-bond donors (Lipinski definition) is 0. The third-order valence-corrected chi connectivity index (χ3v) is 2.60. The first-order chi connectivity index (χ1) is 6.93. The zero-order chi connectivity index (χ0) is 10.1. The van der Waals surface area contributed by atoms with E-state index in [2.05, 4.69) is 30.2 Å². The van der Waals surface area contributed by atoms with Crippen molar-refractivity contribution in [1.29, 1.82) is 0 Å². The monoisotopic (exact) mass is 192 g/mol. The van der Waals surface area contributed by atoms with Crippen LogP contribution in [0.1, 0.15) is 45.4 Å². The molecule has 0 fully saturated rings. The van der Waals surface area contributed by atoms with Gasteiger partial charge in [-0.25, -0.2) is 0 Å². The molecule has 79 valence electrons. The second-order valence-corrected chi connectivity index (χ2v) is 3.94. The summed E-state index contributed by atoms with van der Waals surface area (Å²) in [6.45, 7) is 4.48. The smallest absolute Gasteiger partial charge is 0.0606 e. The van der Waals surface area contributed by atoms with Gasteiger partial charge in [-0.15, -0.1) is 0 Å². The van der Waals surface area contributed by atoms with Gasteiger partial charge >= 0.3 is 0 Å². The van der Waals surface area contributed by atoms with Crippen LogP contribution in [0.25, 0.3) is 0 Å². The number of nitrogens with zero attached hydrogens (tertiary/aromatic N) is 1. The molecule has 0 aliphatic carbocycles. The fraction of sp³-hybridized carbons (Fsp3) is 0.692. The van der Waals surface area contributed by atoms with E-state index < -0.39 is 0 Å². The normalized spacial score (nSPS) is 15.1. The first-order valence-corrected chi connectivity index (χ1v) is 5.93. The summed E-state index contributed by atoms with van der Waals surface area (Å²) in [5.41, 5.74) is 0. The van der Waals surface area contributed by atoms with Gasteiger partial charge in [-0.05, 0) is 12.5 Å². The molecule has 1 nitrogen and oxygen atoms in total. The number of unbranched alkanes of at least 4 members (excludes halogenated alkanes) is 5. The highest BCUT2D eigenvalue weighted by Crippen LogP contribution is 2.06. The van der Waals surface area contributed by atoms with Crippen LogP contribution in [0.15, 0.2) is 18.2 Å². The molecule has 0 amide bonds. The van der Waals surface area contributed by atoms with Crippen LogP contribution < -0.4 is 0 Å². The van der Waals surface area contributed by atoms with Crippen molar-refractivity contribution >= 4 is 0 Å². The largest absolute Gasteiger partial charge is 0.366 e. The highest BCUT2D eigenvalue weighted by atomic mass is 15.1. The second-order valence-electron chi connectivity index (χ2n) is 3.94. The summed E-state index contributed by atoms with van der Waals surface area (Å²) in [5.74, 6) is 0. The van der Waals surface area contributed by atoms with Gasteiger partial charge in [-0.1, -0.05) is 51.2 Å². The predicted octanol–water partition coefficient (Wildman–Crippen LogP) is 3.54. The van der Waals surface area contributed by atoms with E-state index in [1.807, 2.05) is 6.08 Å². The van der Waals surface area contributed by atoms with Gasteiger partial charge in [0.25, 0.3) is 0 Å². The molecule has 0 spiro atoms. The molecule has 14 heavy (non-hydrogen) atoms. The van der Waals surface area contributed by atoms with E-state index in [4.69, 9.17) is 0 Å². The van der Waals surface area contributed by atoms with Crippen LogP contribution in [-0.2, 0) is 0 Å². The van der Waals surface area contributed by atoms with E-state index in [-0.39, 0.29) is 0 Å². The van der Waals surface area contributed by atoms with Crippen molar-refractivity contribution in [1.82, 2.24) is 4.90 Å². The highest BCUT2D eigenvalue weighted by Gasteiger charge is 1.99. The minimum atomic E-state index is 1.05. The van der Waals surface area contributed by atoms with Crippen molar-refractivity contribution in [3.05, 3.63) is 24.4 Å². The van der Waals surface area contributed by atoms with Crippen molar-refractivity contribution in [3.63, 3.8) is 0 Å². The summed E-state index contributed by atoms with van der Waals surface area (Å²) in [5, 5.41) is 0. The molecule has 0 aromatic heterocycles. The van der Waals surface area contributed by atoms with Gasteiger partial charge in [0.05, 0.1) is 6.20 Å². The number of hydrogen-bond acceptors (Lipinski definition) is 1. The molecule has 0 bridgehead atoms. The Bertz CT molecular complexity index is 182. The number of rotatable bonds is 7. The first kappa shape index (κ1) is 11.4. The van der Waals surface area contributed by atoms with Gasteiger partial charge < -0.3 is 4.90 Å². The van der Waals surface area contributed by atoms with E-state index in [9.17, 15) is 0 Å². The summed E-state index contributed by atoms with van der Waals surface area (Å²) in [6, 6.07) is 0. The molecule has 1 radical (unpaired) electrons. The third kappa shape index (κ3) is 5.11. The summed E-state index contributed by atoms with van der Waals surface area (Å²) in [6.07, 6.45) is 17.8. The van der Waals surface area contributed by atoms with Gasteiger partial charge in [0.1, 0.15) is 0 Å². The lowest BCUT2D eigenvalue weighted by molar-refractivity contribution is 0.376. The summed E-state index contributed by atoms with van der Waals surface area (Å²) in [7, 11) is 0. The standard InChI is InChI=1S/C13H22N/c1-2-3-4-5-6-8-11-14-12-9-7-10-13-14/h7,9-10H,2-6,8,11-12H2,1H3. The van der Waals surface area contributed by atoms with Crippen LogP contribution in [0.4, 0.5) is 0 Å². The predicted molar refractivity (Wildman–Crippen MR) is 61.9 cm³/mol. The van der Waals surface area contributed by atoms with E-state index in [1.165, 1.54) is 45.1 Å². The maximum Gasteiger partial charge on any atom is 0.0606 e. The molecule has 1 rings (SSSR count). The SMILES string of the molecule is CCCCCCCCN1[C]=CC=CC1. The zero-order valence-electron chi connectivity index (χ0n) is 9.34. The average Bonchev–Trinajstić information content (AvgIpc) is 2.25. The van der Waals surface area contributed by atoms with Gasteiger partial charge in [0, 0.05) is 13.1 Å². The lowest BCUT2D eigenvalue weighted by atomic mass is 10.1. The molecule has 1 aliphatic rings. The quantitative estimate of drug-likeness (QED) is 0.558. The maximum atomic E-state index is 3.24. The lowest BCUT2D eigenvalue weighted by Gasteiger charge is -2.19. The Morgan fingerprint density at radius 3 is 2.64 bits per heavy atom. The Hall–Kier alpha value is -0.720. The van der Waals surface area contributed by atoms with Crippen LogP contribution in [0.3, 0.4) is 0 Å². The van der Waals surface area contributed by atoms with Gasteiger partial charge in [0.15, 0.2) is 0 Å².